The summed E-state index contributed by atoms with van der Waals surface area (Å²) < 4.78 is 1.20. The minimum absolute atomic E-state index is 1.02. The maximum Gasteiger partial charge on any atom is 0.0210 e. The molecular formula is C12H10Br. The molecule has 0 saturated carbocycles. The van der Waals surface area contributed by atoms with Crippen LogP contribution < -0.4 is 0 Å². The molecule has 0 bridgehead atoms. The Morgan fingerprint density at radius 1 is 1.08 bits per heavy atom. The van der Waals surface area contributed by atoms with Crippen LogP contribution in [0, 0.1) is 6.42 Å². The molecule has 65 valence electrons. The second-order valence-corrected chi connectivity index (χ2v) is 3.82. The van der Waals surface area contributed by atoms with Crippen molar-refractivity contribution in [3.05, 3.63) is 59.0 Å². The third kappa shape index (κ3) is 1.92. The minimum Gasteiger partial charge on any atom is -0.0715 e. The van der Waals surface area contributed by atoms with E-state index in [-0.39, 0.29) is 0 Å². The Kier molecular flexibility index (Phi) is 2.65. The molecule has 0 heterocycles. The first kappa shape index (κ1) is 8.76. The van der Waals surface area contributed by atoms with Gasteiger partial charge in [-0.05, 0) is 24.0 Å². The number of benzene rings is 1. The maximum atomic E-state index is 3.56. The molecule has 1 aliphatic rings. The molecule has 0 nitrogen and oxygen atoms in total. The van der Waals surface area contributed by atoms with Crippen LogP contribution in [0.15, 0.2) is 47.0 Å². The molecule has 0 fully saturated rings. The SMILES string of the molecule is BrC1=CC[CH]C=C1c1ccccc1. The van der Waals surface area contributed by atoms with Crippen molar-refractivity contribution < 1.29 is 0 Å². The zero-order valence-corrected chi connectivity index (χ0v) is 8.79. The van der Waals surface area contributed by atoms with E-state index in [1.54, 1.807) is 0 Å². The van der Waals surface area contributed by atoms with Gasteiger partial charge >= 0.3 is 0 Å². The third-order valence-electron chi connectivity index (χ3n) is 2.06. The molecule has 0 unspecified atom stereocenters. The van der Waals surface area contributed by atoms with Crippen LogP contribution in [0.4, 0.5) is 0 Å². The standard InChI is InChI=1S/C12H10Br/c13-12-9-5-4-8-11(12)10-6-2-1-3-7-10/h1-4,6-9H,5H2. The molecule has 1 aromatic carbocycles. The first-order valence-electron chi connectivity index (χ1n) is 4.33. The highest BCUT2D eigenvalue weighted by Gasteiger charge is 2.07. The molecule has 1 radical (unpaired) electrons. The van der Waals surface area contributed by atoms with Crippen LogP contribution in [-0.2, 0) is 0 Å². The molecule has 13 heavy (non-hydrogen) atoms. The Labute approximate surface area is 87.1 Å². The van der Waals surface area contributed by atoms with Gasteiger partial charge in [0, 0.05) is 4.48 Å². The lowest BCUT2D eigenvalue weighted by molar-refractivity contribution is 1.27. The lowest BCUT2D eigenvalue weighted by atomic mass is 10.00. The monoisotopic (exact) mass is 233 g/mol. The Hall–Kier alpha value is -0.820. The Morgan fingerprint density at radius 2 is 1.85 bits per heavy atom. The number of hydrogen-bond acceptors (Lipinski definition) is 0. The summed E-state index contributed by atoms with van der Waals surface area (Å²) in [5.74, 6) is 0. The molecule has 0 saturated heterocycles. The molecular weight excluding hydrogens is 224 g/mol. The molecule has 0 atom stereocenters. The van der Waals surface area contributed by atoms with E-state index in [4.69, 9.17) is 0 Å². The van der Waals surface area contributed by atoms with E-state index in [9.17, 15) is 0 Å². The first-order chi connectivity index (χ1) is 6.38. The Balaban J connectivity index is 2.37. The van der Waals surface area contributed by atoms with Crippen LogP contribution >= 0.6 is 15.9 Å². The van der Waals surface area contributed by atoms with E-state index < -0.39 is 0 Å². The lowest BCUT2D eigenvalue weighted by Crippen LogP contribution is -1.89. The van der Waals surface area contributed by atoms with Gasteiger partial charge in [-0.25, -0.2) is 0 Å². The van der Waals surface area contributed by atoms with E-state index in [1.165, 1.54) is 15.6 Å². The smallest absolute Gasteiger partial charge is 0.0210 e. The topological polar surface area (TPSA) is 0 Å². The Morgan fingerprint density at radius 3 is 2.54 bits per heavy atom. The number of halogens is 1. The number of allylic oxidation sites excluding steroid dienone is 4. The van der Waals surface area contributed by atoms with Crippen LogP contribution in [0.25, 0.3) is 5.57 Å². The molecule has 0 spiro atoms. The van der Waals surface area contributed by atoms with Crippen molar-refractivity contribution in [1.29, 1.82) is 0 Å². The van der Waals surface area contributed by atoms with E-state index >= 15 is 0 Å². The molecule has 0 N–H and O–H groups in total. The molecule has 2 rings (SSSR count). The normalized spacial score (nSPS) is 16.4. The van der Waals surface area contributed by atoms with Gasteiger partial charge in [0.1, 0.15) is 0 Å². The van der Waals surface area contributed by atoms with Crippen LogP contribution in [0.5, 0.6) is 0 Å². The fourth-order valence-electron chi connectivity index (χ4n) is 1.40. The molecule has 0 aromatic heterocycles. The van der Waals surface area contributed by atoms with Crippen molar-refractivity contribution in [2.45, 2.75) is 6.42 Å². The Bertz CT molecular complexity index is 347. The third-order valence-corrected chi connectivity index (χ3v) is 2.81. The molecule has 0 aliphatic heterocycles. The maximum absolute atomic E-state index is 3.56. The first-order valence-corrected chi connectivity index (χ1v) is 5.12. The van der Waals surface area contributed by atoms with Gasteiger partial charge in [0.2, 0.25) is 0 Å². The van der Waals surface area contributed by atoms with Crippen molar-refractivity contribution in [1.82, 2.24) is 0 Å². The second kappa shape index (κ2) is 3.93. The fourth-order valence-corrected chi connectivity index (χ4v) is 1.95. The number of rotatable bonds is 1. The van der Waals surface area contributed by atoms with Gasteiger partial charge < -0.3 is 0 Å². The average molecular weight is 234 g/mol. The average Bonchev–Trinajstić information content (AvgIpc) is 2.20. The fraction of sp³-hybridized carbons (Fsp3) is 0.0833. The molecule has 0 amide bonds. The zero-order valence-electron chi connectivity index (χ0n) is 7.20. The lowest BCUT2D eigenvalue weighted by Gasteiger charge is -2.10. The summed E-state index contributed by atoms with van der Waals surface area (Å²) in [6.07, 6.45) is 7.55. The van der Waals surface area contributed by atoms with Crippen LogP contribution in [0.1, 0.15) is 12.0 Å². The molecule has 1 heteroatoms. The quantitative estimate of drug-likeness (QED) is 0.689. The predicted octanol–water partition coefficient (Wildman–Crippen LogP) is 3.96. The number of hydrogen-bond donors (Lipinski definition) is 0. The second-order valence-electron chi connectivity index (χ2n) is 2.97. The van der Waals surface area contributed by atoms with Gasteiger partial charge in [-0.3, -0.25) is 0 Å². The van der Waals surface area contributed by atoms with Crippen molar-refractivity contribution >= 4 is 21.5 Å². The van der Waals surface area contributed by atoms with E-state index in [0.29, 0.717) is 0 Å². The van der Waals surface area contributed by atoms with E-state index in [2.05, 4.69) is 58.8 Å². The van der Waals surface area contributed by atoms with Crippen molar-refractivity contribution in [3.8, 4) is 0 Å². The van der Waals surface area contributed by atoms with Gasteiger partial charge in [0.25, 0.3) is 0 Å². The largest absolute Gasteiger partial charge is 0.0715 e. The van der Waals surface area contributed by atoms with Crippen LogP contribution in [0.3, 0.4) is 0 Å². The summed E-state index contributed by atoms with van der Waals surface area (Å²) >= 11 is 3.56. The highest BCUT2D eigenvalue weighted by molar-refractivity contribution is 9.12. The van der Waals surface area contributed by atoms with E-state index in [1.807, 2.05) is 6.07 Å². The van der Waals surface area contributed by atoms with Gasteiger partial charge in [0.05, 0.1) is 0 Å². The summed E-state index contributed by atoms with van der Waals surface area (Å²) in [6, 6.07) is 10.4. The van der Waals surface area contributed by atoms with Gasteiger partial charge in [-0.1, -0.05) is 58.4 Å². The van der Waals surface area contributed by atoms with Crippen LogP contribution in [0.2, 0.25) is 0 Å². The van der Waals surface area contributed by atoms with Gasteiger partial charge in [-0.15, -0.1) is 0 Å². The summed E-state index contributed by atoms with van der Waals surface area (Å²) in [4.78, 5) is 0. The van der Waals surface area contributed by atoms with Crippen molar-refractivity contribution in [3.63, 3.8) is 0 Å². The van der Waals surface area contributed by atoms with Crippen molar-refractivity contribution in [2.75, 3.05) is 0 Å². The summed E-state index contributed by atoms with van der Waals surface area (Å²) in [6.45, 7) is 0. The van der Waals surface area contributed by atoms with Crippen LogP contribution in [-0.4, -0.2) is 0 Å². The minimum atomic E-state index is 1.02. The van der Waals surface area contributed by atoms with Gasteiger partial charge in [0.15, 0.2) is 0 Å². The molecule has 1 aromatic rings. The highest BCUT2D eigenvalue weighted by Crippen LogP contribution is 2.31. The highest BCUT2D eigenvalue weighted by atomic mass is 79.9. The van der Waals surface area contributed by atoms with E-state index in [0.717, 1.165) is 6.42 Å². The van der Waals surface area contributed by atoms with Gasteiger partial charge in [-0.2, -0.15) is 0 Å². The van der Waals surface area contributed by atoms with Crippen molar-refractivity contribution in [2.24, 2.45) is 0 Å². The summed E-state index contributed by atoms with van der Waals surface area (Å²) in [5.41, 5.74) is 2.54. The summed E-state index contributed by atoms with van der Waals surface area (Å²) in [5, 5.41) is 0. The predicted molar refractivity (Wildman–Crippen MR) is 60.3 cm³/mol. The zero-order chi connectivity index (χ0) is 9.10. The summed E-state index contributed by atoms with van der Waals surface area (Å²) in [7, 11) is 0. The molecule has 1 aliphatic carbocycles.